The van der Waals surface area contributed by atoms with E-state index in [2.05, 4.69) is 51.0 Å². The molecule has 5 nitrogen and oxygen atoms in total. The highest BCUT2D eigenvalue weighted by molar-refractivity contribution is 6.10. The summed E-state index contributed by atoms with van der Waals surface area (Å²) in [5, 5.41) is 6.80. The summed E-state index contributed by atoms with van der Waals surface area (Å²) >= 11 is 0. The molecule has 3 heterocycles. The molecule has 0 N–H and O–H groups in total. The van der Waals surface area contributed by atoms with Gasteiger partial charge in [0.05, 0.1) is 24.4 Å². The first kappa shape index (κ1) is 18.0. The number of rotatable bonds is 4. The Morgan fingerprint density at radius 1 is 0.967 bits per heavy atom. The van der Waals surface area contributed by atoms with Gasteiger partial charge in [-0.2, -0.15) is 0 Å². The number of ether oxygens (including phenoxy) is 1. The Morgan fingerprint density at radius 2 is 1.80 bits per heavy atom. The zero-order valence-corrected chi connectivity index (χ0v) is 17.6. The van der Waals surface area contributed by atoms with E-state index < -0.39 is 0 Å². The van der Waals surface area contributed by atoms with Crippen LogP contribution in [0.25, 0.3) is 32.9 Å². The Kier molecular flexibility index (Phi) is 4.13. The van der Waals surface area contributed by atoms with Gasteiger partial charge in [-0.1, -0.05) is 17.3 Å². The minimum atomic E-state index is 0.809. The lowest BCUT2D eigenvalue weighted by molar-refractivity contribution is 0.122. The summed E-state index contributed by atoms with van der Waals surface area (Å²) in [5.41, 5.74) is 7.22. The van der Waals surface area contributed by atoms with E-state index in [4.69, 9.17) is 9.26 Å². The van der Waals surface area contributed by atoms with Crippen LogP contribution in [0.5, 0.6) is 0 Å². The second-order valence-electron chi connectivity index (χ2n) is 8.79. The number of nitrogens with zero attached hydrogens (tertiary/aromatic N) is 3. The van der Waals surface area contributed by atoms with E-state index >= 15 is 0 Å². The van der Waals surface area contributed by atoms with Crippen LogP contribution in [0.3, 0.4) is 0 Å². The van der Waals surface area contributed by atoms with Gasteiger partial charge in [0, 0.05) is 47.2 Å². The molecule has 1 saturated carbocycles. The van der Waals surface area contributed by atoms with E-state index in [-0.39, 0.29) is 0 Å². The third-order valence-electron chi connectivity index (χ3n) is 6.69. The Balaban J connectivity index is 1.54. The van der Waals surface area contributed by atoms with Crippen LogP contribution in [0.4, 0.5) is 5.69 Å². The predicted molar refractivity (Wildman–Crippen MR) is 120 cm³/mol. The molecule has 1 aliphatic heterocycles. The third-order valence-corrected chi connectivity index (χ3v) is 6.69. The first-order valence-electron chi connectivity index (χ1n) is 11.0. The maximum atomic E-state index is 5.55. The number of morpholine rings is 1. The van der Waals surface area contributed by atoms with Crippen LogP contribution in [0.2, 0.25) is 0 Å². The fourth-order valence-electron chi connectivity index (χ4n) is 4.91. The van der Waals surface area contributed by atoms with Crippen molar-refractivity contribution in [2.75, 3.05) is 31.2 Å². The average molecular weight is 402 g/mol. The zero-order chi connectivity index (χ0) is 20.2. The van der Waals surface area contributed by atoms with Crippen molar-refractivity contribution < 1.29 is 9.26 Å². The molecule has 2 aliphatic rings. The van der Waals surface area contributed by atoms with Gasteiger partial charge in [-0.25, -0.2) is 0 Å². The van der Waals surface area contributed by atoms with Crippen molar-refractivity contribution >= 4 is 27.5 Å². The average Bonchev–Trinajstić information content (AvgIpc) is 3.47. The van der Waals surface area contributed by atoms with Crippen molar-refractivity contribution in [3.8, 4) is 11.1 Å². The first-order valence-corrected chi connectivity index (χ1v) is 11.0. The molecule has 0 unspecified atom stereocenters. The van der Waals surface area contributed by atoms with E-state index in [1.807, 2.05) is 13.8 Å². The van der Waals surface area contributed by atoms with Gasteiger partial charge in [0.1, 0.15) is 5.76 Å². The standard InChI is InChI=1S/C25H27N3O2/c1-16-25(17(2)30-26-16)19-5-8-23-22(13-19)21-7-6-20(27-9-11-29-12-10-27)14-24(21)28(23)15-18-3-4-18/h5-8,13-14,18H,3-4,9-12,15H2,1-2H3. The molecule has 1 aliphatic carbocycles. The normalized spacial score (nSPS) is 17.3. The molecule has 6 rings (SSSR count). The molecule has 0 radical (unpaired) electrons. The molecular formula is C25H27N3O2. The largest absolute Gasteiger partial charge is 0.378 e. The van der Waals surface area contributed by atoms with Crippen molar-refractivity contribution in [2.45, 2.75) is 33.2 Å². The summed E-state index contributed by atoms with van der Waals surface area (Å²) in [5.74, 6) is 1.70. The van der Waals surface area contributed by atoms with E-state index in [9.17, 15) is 0 Å². The molecule has 154 valence electrons. The summed E-state index contributed by atoms with van der Waals surface area (Å²) < 4.78 is 13.5. The van der Waals surface area contributed by atoms with Gasteiger partial charge in [-0.3, -0.25) is 0 Å². The van der Waals surface area contributed by atoms with E-state index in [0.29, 0.717) is 0 Å². The van der Waals surface area contributed by atoms with E-state index in [1.165, 1.54) is 45.9 Å². The fourth-order valence-corrected chi connectivity index (χ4v) is 4.91. The molecule has 2 aromatic carbocycles. The van der Waals surface area contributed by atoms with Gasteiger partial charge in [0.15, 0.2) is 0 Å². The number of fused-ring (bicyclic) bond motifs is 3. The highest BCUT2D eigenvalue weighted by Crippen LogP contribution is 2.39. The zero-order valence-electron chi connectivity index (χ0n) is 17.6. The third kappa shape index (κ3) is 2.91. The molecule has 0 amide bonds. The van der Waals surface area contributed by atoms with Crippen LogP contribution in [0, 0.1) is 19.8 Å². The topological polar surface area (TPSA) is 43.4 Å². The Bertz CT molecular complexity index is 1220. The molecule has 2 aromatic heterocycles. The molecule has 1 saturated heterocycles. The molecule has 5 heteroatoms. The van der Waals surface area contributed by atoms with E-state index in [0.717, 1.165) is 55.8 Å². The molecule has 2 fully saturated rings. The number of hydrogen-bond acceptors (Lipinski definition) is 4. The Labute approximate surface area is 176 Å². The van der Waals surface area contributed by atoms with E-state index in [1.54, 1.807) is 0 Å². The molecule has 0 spiro atoms. The van der Waals surface area contributed by atoms with Crippen molar-refractivity contribution in [1.29, 1.82) is 0 Å². The minimum Gasteiger partial charge on any atom is -0.378 e. The molecule has 0 bridgehead atoms. The fraction of sp³-hybridized carbons (Fsp3) is 0.400. The molecular weight excluding hydrogens is 374 g/mol. The van der Waals surface area contributed by atoms with Crippen molar-refractivity contribution in [2.24, 2.45) is 5.92 Å². The van der Waals surface area contributed by atoms with Gasteiger partial charge in [0.25, 0.3) is 0 Å². The predicted octanol–water partition coefficient (Wildman–Crippen LogP) is 5.31. The van der Waals surface area contributed by atoms with Crippen molar-refractivity contribution in [1.82, 2.24) is 9.72 Å². The lowest BCUT2D eigenvalue weighted by Gasteiger charge is -2.29. The van der Waals surface area contributed by atoms with Crippen molar-refractivity contribution in [3.05, 3.63) is 47.9 Å². The lowest BCUT2D eigenvalue weighted by atomic mass is 10.0. The summed E-state index contributed by atoms with van der Waals surface area (Å²) in [4.78, 5) is 2.44. The highest BCUT2D eigenvalue weighted by Gasteiger charge is 2.25. The highest BCUT2D eigenvalue weighted by atomic mass is 16.5. The monoisotopic (exact) mass is 401 g/mol. The lowest BCUT2D eigenvalue weighted by Crippen LogP contribution is -2.36. The van der Waals surface area contributed by atoms with Crippen LogP contribution in [0.1, 0.15) is 24.3 Å². The molecule has 4 aromatic rings. The number of benzene rings is 2. The van der Waals surface area contributed by atoms with Gasteiger partial charge >= 0.3 is 0 Å². The second kappa shape index (κ2) is 6.88. The maximum absolute atomic E-state index is 5.55. The van der Waals surface area contributed by atoms with Crippen LogP contribution >= 0.6 is 0 Å². The summed E-state index contributed by atoms with van der Waals surface area (Å²) in [6.07, 6.45) is 2.70. The Hall–Kier alpha value is -2.79. The SMILES string of the molecule is Cc1noc(C)c1-c1ccc2c(c1)c1ccc(N3CCOCC3)cc1n2CC1CC1. The van der Waals surface area contributed by atoms with Gasteiger partial charge < -0.3 is 18.7 Å². The maximum Gasteiger partial charge on any atom is 0.141 e. The van der Waals surface area contributed by atoms with Crippen LogP contribution in [-0.4, -0.2) is 36.0 Å². The van der Waals surface area contributed by atoms with Crippen LogP contribution in [0.15, 0.2) is 40.9 Å². The first-order chi connectivity index (χ1) is 14.7. The summed E-state index contributed by atoms with van der Waals surface area (Å²) in [7, 11) is 0. The second-order valence-corrected chi connectivity index (χ2v) is 8.79. The van der Waals surface area contributed by atoms with Gasteiger partial charge in [0.2, 0.25) is 0 Å². The smallest absolute Gasteiger partial charge is 0.141 e. The summed E-state index contributed by atoms with van der Waals surface area (Å²) in [6, 6.07) is 13.8. The summed E-state index contributed by atoms with van der Waals surface area (Å²) in [6.45, 7) is 8.66. The number of hydrogen-bond donors (Lipinski definition) is 0. The van der Waals surface area contributed by atoms with Crippen LogP contribution in [-0.2, 0) is 11.3 Å². The Morgan fingerprint density at radius 3 is 2.53 bits per heavy atom. The number of anilines is 1. The number of aryl methyl sites for hydroxylation is 2. The van der Waals surface area contributed by atoms with Gasteiger partial charge in [-0.05, 0) is 62.4 Å². The number of aromatic nitrogens is 2. The quantitative estimate of drug-likeness (QED) is 0.465. The minimum absolute atomic E-state index is 0.809. The van der Waals surface area contributed by atoms with Crippen LogP contribution < -0.4 is 4.90 Å². The van der Waals surface area contributed by atoms with Gasteiger partial charge in [-0.15, -0.1) is 0 Å². The molecule has 0 atom stereocenters. The van der Waals surface area contributed by atoms with Crippen molar-refractivity contribution in [3.63, 3.8) is 0 Å². The molecule has 30 heavy (non-hydrogen) atoms.